The number of hydrogen-bond acceptors (Lipinski definition) is 5. The molecule has 0 radical (unpaired) electrons. The largest absolute Gasteiger partial charge is 0.357 e. The number of carbonyl (C=O) groups is 1. The van der Waals surface area contributed by atoms with Gasteiger partial charge in [-0.05, 0) is 6.92 Å². The Bertz CT molecular complexity index is 561. The molecular formula is C16H28N6O2. The number of nitrogens with one attached hydrogen (secondary N) is 1. The number of amides is 1. The number of rotatable bonds is 5. The molecule has 1 amide bonds. The highest BCUT2D eigenvalue weighted by molar-refractivity contribution is 5.80. The SMILES string of the molecule is CCNC(=NCCc1nc(C(C)C)no1)N1CCN(C(C)=O)CC1. The fraction of sp³-hybridized carbons (Fsp3) is 0.750. The Morgan fingerprint density at radius 1 is 1.29 bits per heavy atom. The number of guanidine groups is 1. The van der Waals surface area contributed by atoms with Crippen LogP contribution in [0.1, 0.15) is 45.3 Å². The van der Waals surface area contributed by atoms with Crippen molar-refractivity contribution in [2.75, 3.05) is 39.3 Å². The van der Waals surface area contributed by atoms with Gasteiger partial charge in [-0.25, -0.2) is 0 Å². The third kappa shape index (κ3) is 4.94. The van der Waals surface area contributed by atoms with E-state index in [1.54, 1.807) is 6.92 Å². The first-order chi connectivity index (χ1) is 11.5. The van der Waals surface area contributed by atoms with Crippen molar-refractivity contribution >= 4 is 11.9 Å². The van der Waals surface area contributed by atoms with Gasteiger partial charge in [0.25, 0.3) is 0 Å². The number of hydrogen-bond donors (Lipinski definition) is 1. The van der Waals surface area contributed by atoms with Crippen molar-refractivity contribution in [3.05, 3.63) is 11.7 Å². The van der Waals surface area contributed by atoms with Gasteiger partial charge in [0.1, 0.15) is 0 Å². The van der Waals surface area contributed by atoms with E-state index < -0.39 is 0 Å². The van der Waals surface area contributed by atoms with Gasteiger partial charge in [0, 0.05) is 52.0 Å². The maximum atomic E-state index is 11.4. The average Bonchev–Trinajstić information content (AvgIpc) is 3.03. The van der Waals surface area contributed by atoms with E-state index in [9.17, 15) is 4.79 Å². The van der Waals surface area contributed by atoms with Crippen LogP contribution in [0.3, 0.4) is 0 Å². The Hall–Kier alpha value is -2.12. The van der Waals surface area contributed by atoms with Gasteiger partial charge >= 0.3 is 0 Å². The second-order valence-corrected chi connectivity index (χ2v) is 6.18. The summed E-state index contributed by atoms with van der Waals surface area (Å²) in [6, 6.07) is 0. The number of aromatic nitrogens is 2. The fourth-order valence-electron chi connectivity index (χ4n) is 2.52. The summed E-state index contributed by atoms with van der Waals surface area (Å²) in [6.45, 7) is 12.2. The van der Waals surface area contributed by atoms with Crippen LogP contribution >= 0.6 is 0 Å². The van der Waals surface area contributed by atoms with Crippen molar-refractivity contribution in [2.45, 2.75) is 40.0 Å². The summed E-state index contributed by atoms with van der Waals surface area (Å²) in [5, 5.41) is 7.28. The van der Waals surface area contributed by atoms with E-state index in [1.165, 1.54) is 0 Å². The van der Waals surface area contributed by atoms with Gasteiger partial charge in [-0.1, -0.05) is 19.0 Å². The molecule has 8 nitrogen and oxygen atoms in total. The summed E-state index contributed by atoms with van der Waals surface area (Å²) < 4.78 is 5.25. The highest BCUT2D eigenvalue weighted by Gasteiger charge is 2.20. The average molecular weight is 336 g/mol. The van der Waals surface area contributed by atoms with Crippen LogP contribution in [0.25, 0.3) is 0 Å². The first-order valence-electron chi connectivity index (χ1n) is 8.62. The molecule has 0 saturated carbocycles. The summed E-state index contributed by atoms with van der Waals surface area (Å²) in [6.07, 6.45) is 0.627. The van der Waals surface area contributed by atoms with Gasteiger partial charge in [0.2, 0.25) is 11.8 Å². The molecule has 8 heteroatoms. The zero-order valence-electron chi connectivity index (χ0n) is 15.1. The lowest BCUT2D eigenvalue weighted by atomic mass is 10.2. The molecule has 0 unspecified atom stereocenters. The van der Waals surface area contributed by atoms with E-state index in [0.717, 1.165) is 44.5 Å². The van der Waals surface area contributed by atoms with Crippen LogP contribution in [0, 0.1) is 0 Å². The molecule has 0 atom stereocenters. The van der Waals surface area contributed by atoms with Crippen LogP contribution in [-0.2, 0) is 11.2 Å². The van der Waals surface area contributed by atoms with Gasteiger partial charge in [-0.3, -0.25) is 9.79 Å². The first kappa shape index (κ1) is 18.2. The molecule has 1 aromatic rings. The highest BCUT2D eigenvalue weighted by atomic mass is 16.5. The van der Waals surface area contributed by atoms with Gasteiger partial charge < -0.3 is 19.6 Å². The Morgan fingerprint density at radius 3 is 2.50 bits per heavy atom. The molecule has 1 N–H and O–H groups in total. The van der Waals surface area contributed by atoms with E-state index >= 15 is 0 Å². The Labute approximate surface area is 143 Å². The van der Waals surface area contributed by atoms with Gasteiger partial charge in [0.15, 0.2) is 11.8 Å². The summed E-state index contributed by atoms with van der Waals surface area (Å²) in [5.41, 5.74) is 0. The number of piperazine rings is 1. The maximum absolute atomic E-state index is 11.4. The molecule has 1 aliphatic heterocycles. The third-order valence-electron chi connectivity index (χ3n) is 3.95. The predicted molar refractivity (Wildman–Crippen MR) is 91.9 cm³/mol. The van der Waals surface area contributed by atoms with Crippen molar-refractivity contribution in [3.63, 3.8) is 0 Å². The van der Waals surface area contributed by atoms with E-state index in [1.807, 2.05) is 25.7 Å². The van der Waals surface area contributed by atoms with Crippen molar-refractivity contribution in [3.8, 4) is 0 Å². The first-order valence-corrected chi connectivity index (χ1v) is 8.62. The molecule has 1 saturated heterocycles. The monoisotopic (exact) mass is 336 g/mol. The summed E-state index contributed by atoms with van der Waals surface area (Å²) in [7, 11) is 0. The number of nitrogens with zero attached hydrogens (tertiary/aromatic N) is 5. The van der Waals surface area contributed by atoms with Crippen molar-refractivity contribution in [1.29, 1.82) is 0 Å². The quantitative estimate of drug-likeness (QED) is 0.634. The number of carbonyl (C=O) groups excluding carboxylic acids is 1. The molecular weight excluding hydrogens is 308 g/mol. The van der Waals surface area contributed by atoms with Gasteiger partial charge in [-0.2, -0.15) is 4.98 Å². The zero-order chi connectivity index (χ0) is 17.5. The zero-order valence-corrected chi connectivity index (χ0v) is 15.1. The molecule has 0 aliphatic carbocycles. The topological polar surface area (TPSA) is 86.9 Å². The van der Waals surface area contributed by atoms with Crippen LogP contribution in [0.2, 0.25) is 0 Å². The van der Waals surface area contributed by atoms with E-state index in [4.69, 9.17) is 4.52 Å². The minimum atomic E-state index is 0.133. The lowest BCUT2D eigenvalue weighted by molar-refractivity contribution is -0.130. The van der Waals surface area contributed by atoms with Crippen LogP contribution < -0.4 is 5.32 Å². The summed E-state index contributed by atoms with van der Waals surface area (Å²) in [4.78, 5) is 24.5. The van der Waals surface area contributed by atoms with Crippen LogP contribution in [-0.4, -0.2) is 71.1 Å². The van der Waals surface area contributed by atoms with Gasteiger partial charge in [0.05, 0.1) is 6.54 Å². The molecule has 1 fully saturated rings. The highest BCUT2D eigenvalue weighted by Crippen LogP contribution is 2.10. The smallest absolute Gasteiger partial charge is 0.228 e. The molecule has 1 aromatic heterocycles. The maximum Gasteiger partial charge on any atom is 0.228 e. The molecule has 134 valence electrons. The molecule has 0 aromatic carbocycles. The van der Waals surface area contributed by atoms with Crippen LogP contribution in [0.15, 0.2) is 9.52 Å². The van der Waals surface area contributed by atoms with Crippen molar-refractivity contribution < 1.29 is 9.32 Å². The van der Waals surface area contributed by atoms with Gasteiger partial charge in [-0.15, -0.1) is 0 Å². The lowest BCUT2D eigenvalue weighted by Gasteiger charge is -2.36. The Morgan fingerprint density at radius 2 is 1.96 bits per heavy atom. The molecule has 1 aliphatic rings. The number of aliphatic imine (C=N–C) groups is 1. The normalized spacial score (nSPS) is 16.0. The second kappa shape index (κ2) is 8.65. The van der Waals surface area contributed by atoms with E-state index in [2.05, 4.69) is 25.3 Å². The lowest BCUT2D eigenvalue weighted by Crippen LogP contribution is -2.53. The molecule has 0 spiro atoms. The molecule has 2 heterocycles. The fourth-order valence-corrected chi connectivity index (χ4v) is 2.52. The third-order valence-corrected chi connectivity index (χ3v) is 3.95. The Balaban J connectivity index is 1.89. The standard InChI is InChI=1S/C16H28N6O2/c1-5-17-16(22-10-8-21(9-11-22)13(4)23)18-7-6-14-19-15(12(2)3)20-24-14/h12H,5-11H2,1-4H3,(H,17,18). The summed E-state index contributed by atoms with van der Waals surface area (Å²) >= 11 is 0. The van der Waals surface area contributed by atoms with Crippen LogP contribution in [0.5, 0.6) is 0 Å². The van der Waals surface area contributed by atoms with Crippen molar-refractivity contribution in [2.24, 2.45) is 4.99 Å². The van der Waals surface area contributed by atoms with E-state index in [-0.39, 0.29) is 11.8 Å². The van der Waals surface area contributed by atoms with Crippen LogP contribution in [0.4, 0.5) is 0 Å². The molecule has 2 rings (SSSR count). The molecule has 24 heavy (non-hydrogen) atoms. The Kier molecular flexibility index (Phi) is 6.57. The van der Waals surface area contributed by atoms with Crippen molar-refractivity contribution in [1.82, 2.24) is 25.3 Å². The summed E-state index contributed by atoms with van der Waals surface area (Å²) in [5.74, 6) is 2.64. The van der Waals surface area contributed by atoms with E-state index in [0.29, 0.717) is 18.9 Å². The molecule has 0 bridgehead atoms. The predicted octanol–water partition coefficient (Wildman–Crippen LogP) is 0.865. The second-order valence-electron chi connectivity index (χ2n) is 6.18. The minimum absolute atomic E-state index is 0.133. The minimum Gasteiger partial charge on any atom is -0.357 e.